The summed E-state index contributed by atoms with van der Waals surface area (Å²) in [6.07, 6.45) is 0.857. The largest absolute Gasteiger partial charge is 0.491 e. The number of aromatic nitrogens is 2. The average Bonchev–Trinajstić information content (AvgIpc) is 2.75. The van der Waals surface area contributed by atoms with Crippen molar-refractivity contribution in [1.29, 1.82) is 0 Å². The number of fused-ring (bicyclic) bond motifs is 3. The van der Waals surface area contributed by atoms with Crippen LogP contribution >= 0.6 is 15.9 Å². The van der Waals surface area contributed by atoms with Crippen molar-refractivity contribution in [3.63, 3.8) is 0 Å². The zero-order valence-electron chi connectivity index (χ0n) is 12.9. The molecule has 1 aromatic heterocycles. The Morgan fingerprint density at radius 1 is 1.13 bits per heavy atom. The van der Waals surface area contributed by atoms with Crippen molar-refractivity contribution < 1.29 is 4.74 Å². The monoisotopic (exact) mass is 368 g/mol. The van der Waals surface area contributed by atoms with Crippen LogP contribution in [0, 0.1) is 6.92 Å². The zero-order chi connectivity index (χ0) is 15.8. The van der Waals surface area contributed by atoms with Crippen LogP contribution in [0.2, 0.25) is 0 Å². The highest BCUT2D eigenvalue weighted by Gasteiger charge is 2.23. The third kappa shape index (κ3) is 2.57. The summed E-state index contributed by atoms with van der Waals surface area (Å²) in [5.41, 5.74) is 4.71. The van der Waals surface area contributed by atoms with Gasteiger partial charge in [-0.25, -0.2) is 4.98 Å². The summed E-state index contributed by atoms with van der Waals surface area (Å²) in [6.45, 7) is 3.55. The Labute approximate surface area is 144 Å². The maximum atomic E-state index is 5.99. The van der Waals surface area contributed by atoms with Crippen LogP contribution in [-0.2, 0) is 13.0 Å². The third-order valence-corrected chi connectivity index (χ3v) is 4.89. The quantitative estimate of drug-likeness (QED) is 0.660. The van der Waals surface area contributed by atoms with Gasteiger partial charge in [0, 0.05) is 6.42 Å². The van der Waals surface area contributed by atoms with Crippen LogP contribution in [0.15, 0.2) is 53.1 Å². The maximum Gasteiger partial charge on any atom is 0.145 e. The number of halogens is 1. The Kier molecular flexibility index (Phi) is 3.69. The normalized spacial score (nSPS) is 13.0. The summed E-state index contributed by atoms with van der Waals surface area (Å²) in [5.74, 6) is 1.94. The molecule has 0 fully saturated rings. The molecule has 0 radical (unpaired) electrons. The molecule has 2 heterocycles. The first-order chi connectivity index (χ1) is 11.2. The van der Waals surface area contributed by atoms with Gasteiger partial charge in [0.1, 0.15) is 22.8 Å². The molecule has 116 valence electrons. The molecule has 3 aromatic rings. The fourth-order valence-corrected chi connectivity index (χ4v) is 3.64. The van der Waals surface area contributed by atoms with E-state index in [0.29, 0.717) is 6.61 Å². The van der Waals surface area contributed by atoms with Crippen molar-refractivity contribution in [1.82, 2.24) is 9.55 Å². The molecule has 0 aliphatic carbocycles. The minimum Gasteiger partial charge on any atom is -0.491 e. The van der Waals surface area contributed by atoms with Crippen molar-refractivity contribution in [2.45, 2.75) is 19.9 Å². The first-order valence-electron chi connectivity index (χ1n) is 7.75. The minimum absolute atomic E-state index is 0.662. The van der Waals surface area contributed by atoms with Crippen LogP contribution in [0.5, 0.6) is 5.75 Å². The molecule has 0 N–H and O–H groups in total. The number of hydrogen-bond donors (Lipinski definition) is 0. The number of aryl methyl sites for hydroxylation is 1. The molecule has 1 aliphatic heterocycles. The summed E-state index contributed by atoms with van der Waals surface area (Å²) in [6, 6.07) is 16.7. The molecule has 4 rings (SSSR count). The molecular formula is C19H17BrN2O. The van der Waals surface area contributed by atoms with Crippen molar-refractivity contribution in [2.75, 3.05) is 6.61 Å². The second kappa shape index (κ2) is 5.85. The second-order valence-corrected chi connectivity index (χ2v) is 6.54. The summed E-state index contributed by atoms with van der Waals surface area (Å²) in [5, 5.41) is 0. The van der Waals surface area contributed by atoms with Crippen LogP contribution in [0.3, 0.4) is 0 Å². The molecule has 0 amide bonds. The lowest BCUT2D eigenvalue weighted by atomic mass is 10.1. The van der Waals surface area contributed by atoms with Crippen molar-refractivity contribution in [2.24, 2.45) is 0 Å². The van der Waals surface area contributed by atoms with Crippen LogP contribution in [0.4, 0.5) is 0 Å². The van der Waals surface area contributed by atoms with Gasteiger partial charge in [0.05, 0.1) is 17.8 Å². The molecule has 1 aliphatic rings. The van der Waals surface area contributed by atoms with E-state index < -0.39 is 0 Å². The Morgan fingerprint density at radius 2 is 1.96 bits per heavy atom. The van der Waals surface area contributed by atoms with Gasteiger partial charge in [-0.05, 0) is 40.0 Å². The molecule has 2 aromatic carbocycles. The van der Waals surface area contributed by atoms with E-state index in [-0.39, 0.29) is 0 Å². The van der Waals surface area contributed by atoms with E-state index in [4.69, 9.17) is 9.72 Å². The lowest BCUT2D eigenvalue weighted by molar-refractivity contribution is 0.303. The number of para-hydroxylation sites is 1. The summed E-state index contributed by atoms with van der Waals surface area (Å²) in [4.78, 5) is 4.79. The van der Waals surface area contributed by atoms with Gasteiger partial charge in [-0.2, -0.15) is 0 Å². The lowest BCUT2D eigenvalue weighted by Gasteiger charge is -2.09. The Morgan fingerprint density at radius 3 is 2.78 bits per heavy atom. The van der Waals surface area contributed by atoms with Crippen LogP contribution in [-0.4, -0.2) is 16.2 Å². The highest BCUT2D eigenvalue weighted by Crippen LogP contribution is 2.37. The number of imidazole rings is 1. The minimum atomic E-state index is 0.662. The molecule has 0 spiro atoms. The van der Waals surface area contributed by atoms with Gasteiger partial charge in [-0.3, -0.25) is 0 Å². The first-order valence-corrected chi connectivity index (χ1v) is 8.55. The second-order valence-electron chi connectivity index (χ2n) is 5.79. The van der Waals surface area contributed by atoms with E-state index in [1.165, 1.54) is 11.3 Å². The average molecular weight is 369 g/mol. The summed E-state index contributed by atoms with van der Waals surface area (Å²) >= 11 is 3.66. The fourth-order valence-electron chi connectivity index (χ4n) is 3.12. The van der Waals surface area contributed by atoms with E-state index in [1.54, 1.807) is 0 Å². The van der Waals surface area contributed by atoms with Crippen molar-refractivity contribution in [3.05, 3.63) is 70.0 Å². The highest BCUT2D eigenvalue weighted by atomic mass is 79.9. The van der Waals surface area contributed by atoms with Gasteiger partial charge < -0.3 is 9.30 Å². The SMILES string of the molecule is Cc1cccc2c1OCCn1c-2nc(Br)c1Cc1ccccc1. The van der Waals surface area contributed by atoms with E-state index in [2.05, 4.69) is 69.9 Å². The number of nitrogens with zero attached hydrogens (tertiary/aromatic N) is 2. The summed E-state index contributed by atoms with van der Waals surface area (Å²) in [7, 11) is 0. The number of hydrogen-bond acceptors (Lipinski definition) is 2. The Bertz CT molecular complexity index is 855. The predicted molar refractivity (Wildman–Crippen MR) is 94.8 cm³/mol. The standard InChI is InChI=1S/C19H17BrN2O/c1-13-6-5-9-15-17(13)23-11-10-22-16(18(20)21-19(15)22)12-14-7-3-2-4-8-14/h2-9H,10-12H2,1H3. The van der Waals surface area contributed by atoms with Gasteiger partial charge in [-0.15, -0.1) is 0 Å². The predicted octanol–water partition coefficient (Wildman–Crippen LogP) is 4.60. The topological polar surface area (TPSA) is 27.1 Å². The molecule has 23 heavy (non-hydrogen) atoms. The van der Waals surface area contributed by atoms with Gasteiger partial charge in [0.2, 0.25) is 0 Å². The van der Waals surface area contributed by atoms with Crippen molar-refractivity contribution >= 4 is 15.9 Å². The van der Waals surface area contributed by atoms with Gasteiger partial charge in [-0.1, -0.05) is 42.5 Å². The lowest BCUT2D eigenvalue weighted by Crippen LogP contribution is -2.09. The molecule has 0 atom stereocenters. The smallest absolute Gasteiger partial charge is 0.145 e. The molecule has 0 bridgehead atoms. The fraction of sp³-hybridized carbons (Fsp3) is 0.211. The Hall–Kier alpha value is -2.07. The Balaban J connectivity index is 1.84. The van der Waals surface area contributed by atoms with Gasteiger partial charge in [0.25, 0.3) is 0 Å². The first kappa shape index (κ1) is 14.5. The molecule has 4 heteroatoms. The molecule has 0 saturated heterocycles. The number of benzene rings is 2. The summed E-state index contributed by atoms with van der Waals surface area (Å²) < 4.78 is 9.19. The highest BCUT2D eigenvalue weighted by molar-refractivity contribution is 9.10. The third-order valence-electron chi connectivity index (χ3n) is 4.25. The van der Waals surface area contributed by atoms with Gasteiger partial charge >= 0.3 is 0 Å². The maximum absolute atomic E-state index is 5.99. The number of rotatable bonds is 2. The molecule has 0 unspecified atom stereocenters. The van der Waals surface area contributed by atoms with E-state index in [9.17, 15) is 0 Å². The van der Waals surface area contributed by atoms with E-state index >= 15 is 0 Å². The molecular weight excluding hydrogens is 352 g/mol. The van der Waals surface area contributed by atoms with Crippen LogP contribution in [0.1, 0.15) is 16.8 Å². The van der Waals surface area contributed by atoms with Crippen LogP contribution in [0.25, 0.3) is 11.4 Å². The van der Waals surface area contributed by atoms with Crippen LogP contribution < -0.4 is 4.74 Å². The van der Waals surface area contributed by atoms with E-state index in [0.717, 1.165) is 40.3 Å². The zero-order valence-corrected chi connectivity index (χ0v) is 14.5. The number of ether oxygens (including phenoxy) is 1. The molecule has 0 saturated carbocycles. The van der Waals surface area contributed by atoms with Gasteiger partial charge in [0.15, 0.2) is 0 Å². The molecule has 3 nitrogen and oxygen atoms in total. The van der Waals surface area contributed by atoms with E-state index in [1.807, 2.05) is 6.07 Å². The van der Waals surface area contributed by atoms with Crippen molar-refractivity contribution in [3.8, 4) is 17.1 Å².